The standard InChI is InChI=1S/C15H13FO2S/c1-10-2-7-14(11(8-10)9-15(17)18)19-13-5-3-12(16)4-6-13/h2-8H,9H2,1H3,(H,17,18). The summed E-state index contributed by atoms with van der Waals surface area (Å²) in [5.41, 5.74) is 1.81. The van der Waals surface area contributed by atoms with Gasteiger partial charge < -0.3 is 5.11 Å². The lowest BCUT2D eigenvalue weighted by Crippen LogP contribution is -2.01. The van der Waals surface area contributed by atoms with E-state index in [9.17, 15) is 9.18 Å². The van der Waals surface area contributed by atoms with Crippen molar-refractivity contribution in [1.29, 1.82) is 0 Å². The van der Waals surface area contributed by atoms with Crippen LogP contribution in [0.4, 0.5) is 4.39 Å². The van der Waals surface area contributed by atoms with Gasteiger partial charge in [0.25, 0.3) is 0 Å². The van der Waals surface area contributed by atoms with E-state index in [0.29, 0.717) is 0 Å². The monoisotopic (exact) mass is 276 g/mol. The van der Waals surface area contributed by atoms with Crippen molar-refractivity contribution < 1.29 is 14.3 Å². The minimum atomic E-state index is -0.855. The molecule has 0 saturated heterocycles. The molecule has 1 N–H and O–H groups in total. The van der Waals surface area contributed by atoms with E-state index in [-0.39, 0.29) is 12.2 Å². The van der Waals surface area contributed by atoms with E-state index < -0.39 is 5.97 Å². The van der Waals surface area contributed by atoms with Gasteiger partial charge in [0.05, 0.1) is 6.42 Å². The number of halogens is 1. The lowest BCUT2D eigenvalue weighted by Gasteiger charge is -2.08. The molecule has 0 fully saturated rings. The van der Waals surface area contributed by atoms with Gasteiger partial charge in [-0.25, -0.2) is 4.39 Å². The molecular formula is C15H13FO2S. The number of hydrogen-bond acceptors (Lipinski definition) is 2. The van der Waals surface area contributed by atoms with Crippen molar-refractivity contribution in [3.63, 3.8) is 0 Å². The van der Waals surface area contributed by atoms with Crippen LogP contribution < -0.4 is 0 Å². The molecule has 0 aliphatic carbocycles. The maximum Gasteiger partial charge on any atom is 0.307 e. The minimum Gasteiger partial charge on any atom is -0.481 e. The van der Waals surface area contributed by atoms with Crippen LogP contribution in [0.15, 0.2) is 52.3 Å². The van der Waals surface area contributed by atoms with Gasteiger partial charge in [-0.05, 0) is 42.8 Å². The van der Waals surface area contributed by atoms with Gasteiger partial charge in [0, 0.05) is 9.79 Å². The maximum atomic E-state index is 12.8. The fourth-order valence-corrected chi connectivity index (χ4v) is 2.66. The Morgan fingerprint density at radius 2 is 1.89 bits per heavy atom. The summed E-state index contributed by atoms with van der Waals surface area (Å²) in [5.74, 6) is -1.13. The molecule has 2 rings (SSSR count). The van der Waals surface area contributed by atoms with Gasteiger partial charge in [-0.3, -0.25) is 4.79 Å². The van der Waals surface area contributed by atoms with Crippen LogP contribution in [0.3, 0.4) is 0 Å². The smallest absolute Gasteiger partial charge is 0.307 e. The van der Waals surface area contributed by atoms with Gasteiger partial charge in [0.1, 0.15) is 5.82 Å². The summed E-state index contributed by atoms with van der Waals surface area (Å²) in [6.45, 7) is 1.93. The first-order chi connectivity index (χ1) is 9.04. The summed E-state index contributed by atoms with van der Waals surface area (Å²) >= 11 is 1.44. The Balaban J connectivity index is 2.28. The van der Waals surface area contributed by atoms with Crippen LogP contribution in [0, 0.1) is 12.7 Å². The van der Waals surface area contributed by atoms with Gasteiger partial charge in [0.2, 0.25) is 0 Å². The van der Waals surface area contributed by atoms with Crippen LogP contribution in [0.5, 0.6) is 0 Å². The summed E-state index contributed by atoms with van der Waals surface area (Å²) in [6.07, 6.45) is -0.00872. The van der Waals surface area contributed by atoms with Crippen molar-refractivity contribution in [3.05, 3.63) is 59.4 Å². The molecule has 2 aromatic carbocycles. The molecule has 0 spiro atoms. The van der Waals surface area contributed by atoms with Gasteiger partial charge in [-0.15, -0.1) is 0 Å². The van der Waals surface area contributed by atoms with Crippen molar-refractivity contribution in [2.75, 3.05) is 0 Å². The topological polar surface area (TPSA) is 37.3 Å². The summed E-state index contributed by atoms with van der Waals surface area (Å²) in [5, 5.41) is 8.93. The van der Waals surface area contributed by atoms with Crippen LogP contribution in [-0.2, 0) is 11.2 Å². The number of aryl methyl sites for hydroxylation is 1. The molecule has 0 saturated carbocycles. The Kier molecular flexibility index (Phi) is 4.22. The second-order valence-corrected chi connectivity index (χ2v) is 5.35. The van der Waals surface area contributed by atoms with E-state index in [0.717, 1.165) is 20.9 Å². The van der Waals surface area contributed by atoms with Crippen LogP contribution >= 0.6 is 11.8 Å². The largest absolute Gasteiger partial charge is 0.481 e. The first kappa shape index (κ1) is 13.6. The van der Waals surface area contributed by atoms with Crippen LogP contribution in [0.2, 0.25) is 0 Å². The molecule has 0 heterocycles. The quantitative estimate of drug-likeness (QED) is 0.919. The van der Waals surface area contributed by atoms with Gasteiger partial charge in [-0.2, -0.15) is 0 Å². The van der Waals surface area contributed by atoms with Crippen LogP contribution in [0.1, 0.15) is 11.1 Å². The Morgan fingerprint density at radius 1 is 1.21 bits per heavy atom. The second-order valence-electron chi connectivity index (χ2n) is 4.24. The fourth-order valence-electron chi connectivity index (χ4n) is 1.74. The maximum absolute atomic E-state index is 12.8. The zero-order chi connectivity index (χ0) is 13.8. The van der Waals surface area contributed by atoms with Crippen molar-refractivity contribution in [3.8, 4) is 0 Å². The summed E-state index contributed by atoms with van der Waals surface area (Å²) in [7, 11) is 0. The average Bonchev–Trinajstić information content (AvgIpc) is 2.34. The van der Waals surface area contributed by atoms with Gasteiger partial charge >= 0.3 is 5.97 Å². The highest BCUT2D eigenvalue weighted by Gasteiger charge is 2.08. The molecular weight excluding hydrogens is 263 g/mol. The third-order valence-corrected chi connectivity index (χ3v) is 3.73. The number of hydrogen-bond donors (Lipinski definition) is 1. The Bertz CT molecular complexity index is 594. The SMILES string of the molecule is Cc1ccc(Sc2ccc(F)cc2)c(CC(=O)O)c1. The van der Waals surface area contributed by atoms with E-state index in [2.05, 4.69) is 0 Å². The summed E-state index contributed by atoms with van der Waals surface area (Å²) in [6, 6.07) is 11.9. The van der Waals surface area contributed by atoms with E-state index >= 15 is 0 Å². The Hall–Kier alpha value is -1.81. The van der Waals surface area contributed by atoms with Crippen molar-refractivity contribution in [2.45, 2.75) is 23.1 Å². The van der Waals surface area contributed by atoms with Crippen molar-refractivity contribution in [2.24, 2.45) is 0 Å². The molecule has 0 bridgehead atoms. The highest BCUT2D eigenvalue weighted by atomic mass is 32.2. The van der Waals surface area contributed by atoms with E-state index in [1.54, 1.807) is 12.1 Å². The van der Waals surface area contributed by atoms with Crippen molar-refractivity contribution in [1.82, 2.24) is 0 Å². The molecule has 2 aromatic rings. The molecule has 0 atom stereocenters. The zero-order valence-corrected chi connectivity index (χ0v) is 11.2. The van der Waals surface area contributed by atoms with Gasteiger partial charge in [-0.1, -0.05) is 29.5 Å². The van der Waals surface area contributed by atoms with Crippen molar-refractivity contribution >= 4 is 17.7 Å². The molecule has 0 aliphatic rings. The first-order valence-corrected chi connectivity index (χ1v) is 6.61. The number of aliphatic carboxylic acids is 1. The molecule has 4 heteroatoms. The molecule has 0 amide bonds. The highest BCUT2D eigenvalue weighted by Crippen LogP contribution is 2.31. The van der Waals surface area contributed by atoms with Crippen LogP contribution in [-0.4, -0.2) is 11.1 Å². The fraction of sp³-hybridized carbons (Fsp3) is 0.133. The molecule has 98 valence electrons. The van der Waals surface area contributed by atoms with E-state index in [1.165, 1.54) is 23.9 Å². The third kappa shape index (κ3) is 3.83. The lowest BCUT2D eigenvalue weighted by atomic mass is 10.1. The van der Waals surface area contributed by atoms with Gasteiger partial charge in [0.15, 0.2) is 0 Å². The predicted molar refractivity (Wildman–Crippen MR) is 73.0 cm³/mol. The predicted octanol–water partition coefficient (Wildman–Crippen LogP) is 3.91. The summed E-state index contributed by atoms with van der Waals surface area (Å²) in [4.78, 5) is 12.6. The number of rotatable bonds is 4. The molecule has 0 radical (unpaired) electrons. The first-order valence-electron chi connectivity index (χ1n) is 5.79. The Labute approximate surface area is 115 Å². The average molecular weight is 276 g/mol. The minimum absolute atomic E-state index is 0.00872. The number of benzene rings is 2. The third-order valence-electron chi connectivity index (χ3n) is 2.60. The molecule has 0 aliphatic heterocycles. The lowest BCUT2D eigenvalue weighted by molar-refractivity contribution is -0.136. The van der Waals surface area contributed by atoms with E-state index in [1.807, 2.05) is 25.1 Å². The van der Waals surface area contributed by atoms with Crippen LogP contribution in [0.25, 0.3) is 0 Å². The molecule has 0 unspecified atom stereocenters. The highest BCUT2D eigenvalue weighted by molar-refractivity contribution is 7.99. The zero-order valence-electron chi connectivity index (χ0n) is 10.4. The number of carboxylic acids is 1. The second kappa shape index (κ2) is 5.89. The molecule has 2 nitrogen and oxygen atoms in total. The van der Waals surface area contributed by atoms with E-state index in [4.69, 9.17) is 5.11 Å². The number of carboxylic acid groups (broad SMARTS) is 1. The Morgan fingerprint density at radius 3 is 2.53 bits per heavy atom. The normalized spacial score (nSPS) is 10.4. The summed E-state index contributed by atoms with van der Waals surface area (Å²) < 4.78 is 12.8. The molecule has 0 aromatic heterocycles. The number of carbonyl (C=O) groups is 1. The molecule has 19 heavy (non-hydrogen) atoms.